The quantitative estimate of drug-likeness (QED) is 0.476. The summed E-state index contributed by atoms with van der Waals surface area (Å²) in [6, 6.07) is 14.5. The normalized spacial score (nSPS) is 12.3. The van der Waals surface area contributed by atoms with Crippen molar-refractivity contribution in [2.45, 2.75) is 60.0 Å². The van der Waals surface area contributed by atoms with Crippen LogP contribution in [0.3, 0.4) is 0 Å². The highest BCUT2D eigenvalue weighted by Gasteiger charge is 2.26. The van der Waals surface area contributed by atoms with Crippen molar-refractivity contribution in [2.75, 3.05) is 23.7 Å². The van der Waals surface area contributed by atoms with E-state index in [0.717, 1.165) is 16.7 Å². The lowest BCUT2D eigenvalue weighted by atomic mass is 10.1. The summed E-state index contributed by atoms with van der Waals surface area (Å²) in [5.41, 5.74) is 3.47. The van der Waals surface area contributed by atoms with Crippen molar-refractivity contribution in [1.82, 2.24) is 10.2 Å². The second-order valence-corrected chi connectivity index (χ2v) is 11.5. The highest BCUT2D eigenvalue weighted by atomic mass is 32.2. The van der Waals surface area contributed by atoms with Crippen molar-refractivity contribution < 1.29 is 18.0 Å². The zero-order chi connectivity index (χ0) is 26.2. The van der Waals surface area contributed by atoms with Crippen LogP contribution in [0.15, 0.2) is 48.5 Å². The molecule has 35 heavy (non-hydrogen) atoms. The van der Waals surface area contributed by atoms with Gasteiger partial charge in [0, 0.05) is 26.1 Å². The van der Waals surface area contributed by atoms with Crippen LogP contribution in [-0.2, 0) is 26.2 Å². The molecule has 0 aromatic heterocycles. The number of rotatable bonds is 12. The lowest BCUT2D eigenvalue weighted by molar-refractivity contribution is -0.140. The predicted octanol–water partition coefficient (Wildman–Crippen LogP) is 4.04. The van der Waals surface area contributed by atoms with E-state index in [4.69, 9.17) is 0 Å². The Morgan fingerprint density at radius 1 is 0.971 bits per heavy atom. The van der Waals surface area contributed by atoms with E-state index in [1.54, 1.807) is 11.8 Å². The molecule has 2 amide bonds. The summed E-state index contributed by atoms with van der Waals surface area (Å²) in [6.45, 7) is 10.6. The van der Waals surface area contributed by atoms with Crippen LogP contribution in [0.4, 0.5) is 5.69 Å². The summed E-state index contributed by atoms with van der Waals surface area (Å²) >= 11 is 0. The molecule has 0 saturated heterocycles. The van der Waals surface area contributed by atoms with E-state index < -0.39 is 16.1 Å². The fourth-order valence-corrected chi connectivity index (χ4v) is 4.86. The summed E-state index contributed by atoms with van der Waals surface area (Å²) < 4.78 is 26.4. The van der Waals surface area contributed by atoms with Gasteiger partial charge in [0.25, 0.3) is 0 Å². The number of nitrogens with zero attached hydrogens (tertiary/aromatic N) is 2. The number of hydrogen-bond acceptors (Lipinski definition) is 4. The van der Waals surface area contributed by atoms with Crippen molar-refractivity contribution in [3.05, 3.63) is 65.2 Å². The summed E-state index contributed by atoms with van der Waals surface area (Å²) in [7, 11) is -3.52. The van der Waals surface area contributed by atoms with Gasteiger partial charge < -0.3 is 10.2 Å². The van der Waals surface area contributed by atoms with Crippen LogP contribution in [0.1, 0.15) is 50.3 Å². The van der Waals surface area contributed by atoms with Gasteiger partial charge in [-0.1, -0.05) is 50.2 Å². The Balaban J connectivity index is 2.15. The fraction of sp³-hybridized carbons (Fsp3) is 0.481. The Morgan fingerprint density at radius 2 is 1.57 bits per heavy atom. The van der Waals surface area contributed by atoms with Crippen LogP contribution < -0.4 is 9.62 Å². The van der Waals surface area contributed by atoms with Gasteiger partial charge in [0.2, 0.25) is 21.8 Å². The molecule has 1 N–H and O–H groups in total. The Kier molecular flexibility index (Phi) is 10.3. The molecule has 0 saturated carbocycles. The minimum atomic E-state index is -3.52. The first kappa shape index (κ1) is 28.4. The molecule has 7 nitrogen and oxygen atoms in total. The molecule has 1 atom stereocenters. The van der Waals surface area contributed by atoms with Crippen LogP contribution in [-0.4, -0.2) is 50.5 Å². The Labute approximate surface area is 210 Å². The van der Waals surface area contributed by atoms with E-state index in [9.17, 15) is 18.0 Å². The molecule has 0 aliphatic rings. The molecule has 192 valence electrons. The Morgan fingerprint density at radius 3 is 2.11 bits per heavy atom. The van der Waals surface area contributed by atoms with E-state index >= 15 is 0 Å². The van der Waals surface area contributed by atoms with Gasteiger partial charge in [0.05, 0.1) is 11.9 Å². The first-order valence-corrected chi connectivity index (χ1v) is 13.9. The highest BCUT2D eigenvalue weighted by molar-refractivity contribution is 7.92. The zero-order valence-corrected chi connectivity index (χ0v) is 22.6. The third-order valence-electron chi connectivity index (χ3n) is 5.69. The van der Waals surface area contributed by atoms with E-state index in [0.29, 0.717) is 31.1 Å². The maximum absolute atomic E-state index is 13.3. The average Bonchev–Trinajstić information content (AvgIpc) is 2.77. The molecular weight excluding hydrogens is 462 g/mol. The summed E-state index contributed by atoms with van der Waals surface area (Å²) in [5.74, 6) is -0.0810. The molecule has 0 spiro atoms. The van der Waals surface area contributed by atoms with Crippen LogP contribution in [0, 0.1) is 19.8 Å². The minimum absolute atomic E-state index is 0.130. The molecule has 0 fully saturated rings. The van der Waals surface area contributed by atoms with Crippen LogP contribution in [0.25, 0.3) is 0 Å². The lowest BCUT2D eigenvalue weighted by Gasteiger charge is -2.29. The molecule has 8 heteroatoms. The van der Waals surface area contributed by atoms with Crippen molar-refractivity contribution in [1.29, 1.82) is 0 Å². The van der Waals surface area contributed by atoms with Gasteiger partial charge in [-0.25, -0.2) is 8.42 Å². The first-order valence-electron chi connectivity index (χ1n) is 12.1. The molecule has 0 aliphatic carbocycles. The molecule has 0 unspecified atom stereocenters. The minimum Gasteiger partial charge on any atom is -0.354 e. The molecule has 0 aliphatic heterocycles. The number of hydrogen-bond donors (Lipinski definition) is 1. The molecule has 2 rings (SSSR count). The number of benzene rings is 2. The summed E-state index contributed by atoms with van der Waals surface area (Å²) in [5, 5.41) is 2.91. The standard InChI is InChI=1S/C27H39N3O4S/c1-20(2)18-28-27(32)23(5)29(19-24-11-8-7-9-12-24)26(31)13-10-14-30(35(6,33)34)25-16-21(3)15-22(4)17-25/h7-9,11-12,15-17,20,23H,10,13-14,18-19H2,1-6H3,(H,28,32)/t23-/m1/s1. The van der Waals surface area contributed by atoms with Gasteiger partial charge in [-0.3, -0.25) is 13.9 Å². The molecule has 2 aromatic rings. The first-order chi connectivity index (χ1) is 16.4. The lowest BCUT2D eigenvalue weighted by Crippen LogP contribution is -2.48. The van der Waals surface area contributed by atoms with Crippen molar-refractivity contribution in [3.8, 4) is 0 Å². The molecule has 0 radical (unpaired) electrons. The number of carbonyl (C=O) groups excluding carboxylic acids is 2. The molecule has 0 heterocycles. The summed E-state index contributed by atoms with van der Waals surface area (Å²) in [6.07, 6.45) is 1.64. The van der Waals surface area contributed by atoms with Crippen LogP contribution in [0.5, 0.6) is 0 Å². The van der Waals surface area contributed by atoms with E-state index in [2.05, 4.69) is 5.32 Å². The maximum Gasteiger partial charge on any atom is 0.242 e. The van der Waals surface area contributed by atoms with E-state index in [1.807, 2.05) is 76.2 Å². The second-order valence-electron chi connectivity index (χ2n) is 9.61. The van der Waals surface area contributed by atoms with Crippen molar-refractivity contribution >= 4 is 27.5 Å². The predicted molar refractivity (Wildman–Crippen MR) is 142 cm³/mol. The Hall–Kier alpha value is -2.87. The van der Waals surface area contributed by atoms with Crippen LogP contribution >= 0.6 is 0 Å². The van der Waals surface area contributed by atoms with Gasteiger partial charge in [0.1, 0.15) is 6.04 Å². The largest absolute Gasteiger partial charge is 0.354 e. The van der Waals surface area contributed by atoms with E-state index in [-0.39, 0.29) is 24.8 Å². The number of nitrogens with one attached hydrogen (secondary N) is 1. The van der Waals surface area contributed by atoms with Crippen molar-refractivity contribution in [3.63, 3.8) is 0 Å². The summed E-state index contributed by atoms with van der Waals surface area (Å²) in [4.78, 5) is 27.6. The number of amides is 2. The van der Waals surface area contributed by atoms with Crippen molar-refractivity contribution in [2.24, 2.45) is 5.92 Å². The third kappa shape index (κ3) is 9.02. The van der Waals surface area contributed by atoms with Gasteiger partial charge in [-0.15, -0.1) is 0 Å². The topological polar surface area (TPSA) is 86.8 Å². The number of carbonyl (C=O) groups is 2. The van der Waals surface area contributed by atoms with E-state index in [1.165, 1.54) is 10.6 Å². The van der Waals surface area contributed by atoms with Crippen LogP contribution in [0.2, 0.25) is 0 Å². The number of aryl methyl sites for hydroxylation is 2. The highest BCUT2D eigenvalue weighted by Crippen LogP contribution is 2.22. The maximum atomic E-state index is 13.3. The van der Waals surface area contributed by atoms with Gasteiger partial charge in [0.15, 0.2) is 0 Å². The molecule has 2 aromatic carbocycles. The average molecular weight is 502 g/mol. The second kappa shape index (κ2) is 12.7. The number of sulfonamides is 1. The Bertz CT molecular complexity index is 1080. The fourth-order valence-electron chi connectivity index (χ4n) is 3.91. The SMILES string of the molecule is Cc1cc(C)cc(N(CCCC(=O)N(Cc2ccccc2)[C@H](C)C(=O)NCC(C)C)S(C)(=O)=O)c1. The monoisotopic (exact) mass is 501 g/mol. The number of anilines is 1. The zero-order valence-electron chi connectivity index (χ0n) is 21.7. The molecular formula is C27H39N3O4S. The van der Waals surface area contributed by atoms with Gasteiger partial charge >= 0.3 is 0 Å². The third-order valence-corrected chi connectivity index (χ3v) is 6.89. The van der Waals surface area contributed by atoms with Gasteiger partial charge in [-0.2, -0.15) is 0 Å². The molecule has 0 bridgehead atoms. The van der Waals surface area contributed by atoms with Gasteiger partial charge in [-0.05, 0) is 61.9 Å². The smallest absolute Gasteiger partial charge is 0.242 e.